The van der Waals surface area contributed by atoms with Crippen LogP contribution < -0.4 is 0 Å². The van der Waals surface area contributed by atoms with Gasteiger partial charge in [-0.05, 0) is 6.42 Å². The molecule has 4 nitrogen and oxygen atoms in total. The molecule has 0 fully saturated rings. The SMILES string of the molecule is O=C(O)CCCn1cc2ccccc2c1SCCO. The first-order chi connectivity index (χ1) is 9.22. The number of benzene rings is 1. The highest BCUT2D eigenvalue weighted by Crippen LogP contribution is 2.30. The van der Waals surface area contributed by atoms with Crippen molar-refractivity contribution in [2.45, 2.75) is 24.4 Å². The largest absolute Gasteiger partial charge is 0.481 e. The first-order valence-electron chi connectivity index (χ1n) is 6.25. The topological polar surface area (TPSA) is 62.5 Å². The van der Waals surface area contributed by atoms with Crippen LogP contribution in [0.2, 0.25) is 0 Å². The molecule has 0 amide bonds. The van der Waals surface area contributed by atoms with Crippen molar-refractivity contribution in [1.82, 2.24) is 4.57 Å². The van der Waals surface area contributed by atoms with Crippen molar-refractivity contribution >= 4 is 28.5 Å². The van der Waals surface area contributed by atoms with Crippen molar-refractivity contribution in [3.05, 3.63) is 30.5 Å². The number of aliphatic hydroxyl groups is 1. The molecule has 1 aromatic carbocycles. The Kier molecular flexibility index (Phi) is 4.87. The fourth-order valence-electron chi connectivity index (χ4n) is 2.06. The molecule has 0 saturated carbocycles. The number of carboxylic acid groups (broad SMARTS) is 1. The maximum Gasteiger partial charge on any atom is 0.303 e. The lowest BCUT2D eigenvalue weighted by molar-refractivity contribution is -0.137. The molecule has 0 bridgehead atoms. The number of thioether (sulfide) groups is 1. The predicted molar refractivity (Wildman–Crippen MR) is 76.6 cm³/mol. The Balaban J connectivity index is 2.22. The Labute approximate surface area is 116 Å². The number of fused-ring (bicyclic) bond motifs is 1. The van der Waals surface area contributed by atoms with Crippen LogP contribution in [0, 0.1) is 0 Å². The lowest BCUT2D eigenvalue weighted by atomic mass is 10.2. The van der Waals surface area contributed by atoms with Gasteiger partial charge in [-0.15, -0.1) is 11.8 Å². The lowest BCUT2D eigenvalue weighted by Gasteiger charge is -2.07. The number of hydrogen-bond acceptors (Lipinski definition) is 3. The first kappa shape index (κ1) is 14.0. The Bertz CT molecular complexity index is 565. The number of rotatable bonds is 7. The van der Waals surface area contributed by atoms with E-state index in [1.165, 1.54) is 0 Å². The zero-order chi connectivity index (χ0) is 13.7. The van der Waals surface area contributed by atoms with Gasteiger partial charge in [-0.25, -0.2) is 0 Å². The van der Waals surface area contributed by atoms with Crippen LogP contribution in [0.25, 0.3) is 10.8 Å². The number of nitrogens with zero attached hydrogens (tertiary/aromatic N) is 1. The Morgan fingerprint density at radius 2 is 2.11 bits per heavy atom. The second kappa shape index (κ2) is 6.63. The van der Waals surface area contributed by atoms with Gasteiger partial charge in [0.1, 0.15) is 0 Å². The number of carbonyl (C=O) groups is 1. The van der Waals surface area contributed by atoms with E-state index in [4.69, 9.17) is 10.2 Å². The van der Waals surface area contributed by atoms with Gasteiger partial charge in [-0.2, -0.15) is 0 Å². The minimum atomic E-state index is -0.763. The van der Waals surface area contributed by atoms with E-state index in [2.05, 4.69) is 16.8 Å². The molecule has 0 aliphatic carbocycles. The molecule has 0 radical (unpaired) electrons. The smallest absolute Gasteiger partial charge is 0.303 e. The monoisotopic (exact) mass is 279 g/mol. The van der Waals surface area contributed by atoms with Gasteiger partial charge in [0.25, 0.3) is 0 Å². The lowest BCUT2D eigenvalue weighted by Crippen LogP contribution is -2.02. The molecule has 0 aliphatic heterocycles. The van der Waals surface area contributed by atoms with Gasteiger partial charge in [0.05, 0.1) is 11.6 Å². The molecule has 0 spiro atoms. The molecule has 2 N–H and O–H groups in total. The molecule has 1 heterocycles. The second-order valence-electron chi connectivity index (χ2n) is 4.28. The highest BCUT2D eigenvalue weighted by molar-refractivity contribution is 7.99. The molecule has 1 aromatic heterocycles. The summed E-state index contributed by atoms with van der Waals surface area (Å²) in [5, 5.41) is 21.1. The van der Waals surface area contributed by atoms with E-state index in [0.29, 0.717) is 18.7 Å². The van der Waals surface area contributed by atoms with Gasteiger partial charge in [0, 0.05) is 35.7 Å². The van der Waals surface area contributed by atoms with Crippen LogP contribution in [-0.2, 0) is 11.3 Å². The fraction of sp³-hybridized carbons (Fsp3) is 0.357. The molecule has 0 unspecified atom stereocenters. The maximum atomic E-state index is 10.6. The van der Waals surface area contributed by atoms with E-state index in [1.807, 2.05) is 18.2 Å². The van der Waals surface area contributed by atoms with Crippen LogP contribution in [0.3, 0.4) is 0 Å². The summed E-state index contributed by atoms with van der Waals surface area (Å²) in [6.45, 7) is 0.827. The average molecular weight is 279 g/mol. The number of aliphatic carboxylic acids is 1. The van der Waals surface area contributed by atoms with Crippen LogP contribution in [-0.4, -0.2) is 33.1 Å². The number of aromatic nitrogens is 1. The molecule has 102 valence electrons. The molecule has 19 heavy (non-hydrogen) atoms. The van der Waals surface area contributed by atoms with E-state index in [1.54, 1.807) is 11.8 Å². The molecule has 0 atom stereocenters. The van der Waals surface area contributed by atoms with E-state index in [9.17, 15) is 4.79 Å². The predicted octanol–water partition coefficient (Wildman–Crippen LogP) is 2.59. The third-order valence-electron chi connectivity index (χ3n) is 2.87. The highest BCUT2D eigenvalue weighted by atomic mass is 32.2. The van der Waals surface area contributed by atoms with E-state index in [0.717, 1.165) is 15.8 Å². The molecule has 5 heteroatoms. The Morgan fingerprint density at radius 3 is 2.84 bits per heavy atom. The normalized spacial score (nSPS) is 11.0. The molecule has 2 rings (SSSR count). The summed E-state index contributed by atoms with van der Waals surface area (Å²) in [6, 6.07) is 8.09. The van der Waals surface area contributed by atoms with Gasteiger partial charge < -0.3 is 14.8 Å². The summed E-state index contributed by atoms with van der Waals surface area (Å²) >= 11 is 1.61. The summed E-state index contributed by atoms with van der Waals surface area (Å²) in [5.41, 5.74) is 0. The summed E-state index contributed by atoms with van der Waals surface area (Å²) in [5.74, 6) is -0.117. The number of aliphatic hydroxyl groups excluding tert-OH is 1. The van der Waals surface area contributed by atoms with Gasteiger partial charge in [-0.3, -0.25) is 4.79 Å². The van der Waals surface area contributed by atoms with Crippen molar-refractivity contribution in [3.63, 3.8) is 0 Å². The summed E-state index contributed by atoms with van der Waals surface area (Å²) in [4.78, 5) is 10.6. The van der Waals surface area contributed by atoms with E-state index in [-0.39, 0.29) is 13.0 Å². The third kappa shape index (κ3) is 3.52. The summed E-state index contributed by atoms with van der Waals surface area (Å²) < 4.78 is 2.09. The van der Waals surface area contributed by atoms with E-state index < -0.39 is 5.97 Å². The zero-order valence-corrected chi connectivity index (χ0v) is 11.4. The Hall–Kier alpha value is -1.46. The molecule has 0 aliphatic rings. The van der Waals surface area contributed by atoms with Crippen molar-refractivity contribution in [2.75, 3.05) is 12.4 Å². The van der Waals surface area contributed by atoms with Crippen LogP contribution >= 0.6 is 11.8 Å². The van der Waals surface area contributed by atoms with Crippen molar-refractivity contribution in [1.29, 1.82) is 0 Å². The molecule has 0 saturated heterocycles. The quantitative estimate of drug-likeness (QED) is 0.765. The van der Waals surface area contributed by atoms with Crippen LogP contribution in [0.15, 0.2) is 35.5 Å². The van der Waals surface area contributed by atoms with E-state index >= 15 is 0 Å². The van der Waals surface area contributed by atoms with Crippen LogP contribution in [0.4, 0.5) is 0 Å². The molecular formula is C14H17NO3S. The highest BCUT2D eigenvalue weighted by Gasteiger charge is 2.09. The number of aryl methyl sites for hydroxylation is 1. The van der Waals surface area contributed by atoms with Crippen LogP contribution in [0.1, 0.15) is 12.8 Å². The fourth-order valence-corrected chi connectivity index (χ4v) is 2.99. The minimum absolute atomic E-state index is 0.138. The van der Waals surface area contributed by atoms with Gasteiger partial charge >= 0.3 is 5.97 Å². The first-order valence-corrected chi connectivity index (χ1v) is 7.24. The standard InChI is InChI=1S/C14H17NO3S/c16-8-9-19-14-12-5-2-1-4-11(12)10-15(14)7-3-6-13(17)18/h1-2,4-5,10,16H,3,6-9H2,(H,17,18). The zero-order valence-electron chi connectivity index (χ0n) is 10.6. The van der Waals surface area contributed by atoms with Crippen LogP contribution in [0.5, 0.6) is 0 Å². The van der Waals surface area contributed by atoms with Gasteiger partial charge in [0.2, 0.25) is 0 Å². The number of hydrogen-bond donors (Lipinski definition) is 2. The molecular weight excluding hydrogens is 262 g/mol. The second-order valence-corrected chi connectivity index (χ2v) is 5.37. The Morgan fingerprint density at radius 1 is 1.32 bits per heavy atom. The van der Waals surface area contributed by atoms with Crippen molar-refractivity contribution in [3.8, 4) is 0 Å². The van der Waals surface area contributed by atoms with Crippen molar-refractivity contribution in [2.24, 2.45) is 0 Å². The van der Waals surface area contributed by atoms with Gasteiger partial charge in [0.15, 0.2) is 0 Å². The minimum Gasteiger partial charge on any atom is -0.481 e. The molecule has 2 aromatic rings. The summed E-state index contributed by atoms with van der Waals surface area (Å²) in [7, 11) is 0. The summed E-state index contributed by atoms with van der Waals surface area (Å²) in [6.07, 6.45) is 2.85. The average Bonchev–Trinajstić information content (AvgIpc) is 2.74. The third-order valence-corrected chi connectivity index (χ3v) is 3.98. The van der Waals surface area contributed by atoms with Crippen molar-refractivity contribution < 1.29 is 15.0 Å². The maximum absolute atomic E-state index is 10.6. The number of carboxylic acids is 1. The van der Waals surface area contributed by atoms with Gasteiger partial charge in [-0.1, -0.05) is 24.3 Å².